The minimum atomic E-state index is 0.797. The van der Waals surface area contributed by atoms with Gasteiger partial charge in [-0.25, -0.2) is 0 Å². The second-order valence-corrected chi connectivity index (χ2v) is 6.09. The third kappa shape index (κ3) is 1.32. The van der Waals surface area contributed by atoms with Gasteiger partial charge in [0.15, 0.2) is 0 Å². The first kappa shape index (κ1) is 9.21. The Hall–Kier alpha value is -0.0400. The molecule has 0 saturated heterocycles. The summed E-state index contributed by atoms with van der Waals surface area (Å²) in [6.45, 7) is 2.40. The predicted octanol–water partition coefficient (Wildman–Crippen LogP) is 3.10. The average molecular weight is 193 g/mol. The van der Waals surface area contributed by atoms with E-state index in [9.17, 15) is 0 Å². The molecule has 14 heavy (non-hydrogen) atoms. The number of rotatable bonds is 2. The van der Waals surface area contributed by atoms with Crippen molar-refractivity contribution in [3.63, 3.8) is 0 Å². The molecule has 3 fully saturated rings. The van der Waals surface area contributed by atoms with E-state index in [2.05, 4.69) is 12.2 Å². The topological polar surface area (TPSA) is 12.0 Å². The highest BCUT2D eigenvalue weighted by Crippen LogP contribution is 2.56. The van der Waals surface area contributed by atoms with Crippen molar-refractivity contribution < 1.29 is 0 Å². The molecule has 3 rings (SSSR count). The molecule has 3 atom stereocenters. The molecule has 3 aliphatic rings. The van der Waals surface area contributed by atoms with Crippen molar-refractivity contribution >= 4 is 0 Å². The smallest absolute Gasteiger partial charge is 0.0126 e. The zero-order valence-corrected chi connectivity index (χ0v) is 9.39. The van der Waals surface area contributed by atoms with E-state index in [0.29, 0.717) is 0 Å². The largest absolute Gasteiger partial charge is 0.311 e. The van der Waals surface area contributed by atoms with Crippen molar-refractivity contribution in [1.82, 2.24) is 5.32 Å². The van der Waals surface area contributed by atoms with Crippen LogP contribution in [0.5, 0.6) is 0 Å². The summed E-state index contributed by atoms with van der Waals surface area (Å²) in [5.41, 5.74) is 0.797. The highest BCUT2D eigenvalue weighted by Gasteiger charge is 2.50. The summed E-state index contributed by atoms with van der Waals surface area (Å²) in [6, 6.07) is 1.78. The number of hydrogen-bond donors (Lipinski definition) is 1. The molecule has 0 aliphatic heterocycles. The van der Waals surface area contributed by atoms with Gasteiger partial charge in [-0.15, -0.1) is 0 Å². The predicted molar refractivity (Wildman–Crippen MR) is 59.2 cm³/mol. The second kappa shape index (κ2) is 3.23. The molecule has 3 saturated carbocycles. The van der Waals surface area contributed by atoms with Crippen LogP contribution in [0.3, 0.4) is 0 Å². The lowest BCUT2D eigenvalue weighted by Crippen LogP contribution is -2.58. The molecule has 1 nitrogen and oxygen atoms in total. The Labute approximate surface area is 87.7 Å². The van der Waals surface area contributed by atoms with E-state index in [1.54, 1.807) is 0 Å². The maximum atomic E-state index is 3.94. The fourth-order valence-electron chi connectivity index (χ4n) is 3.83. The fraction of sp³-hybridized carbons (Fsp3) is 1.00. The summed E-state index contributed by atoms with van der Waals surface area (Å²) in [6.07, 6.45) is 11.9. The first-order valence-electron chi connectivity index (χ1n) is 6.55. The lowest BCUT2D eigenvalue weighted by molar-refractivity contribution is -0.0225. The van der Waals surface area contributed by atoms with Gasteiger partial charge < -0.3 is 5.32 Å². The molecule has 1 heteroatoms. The molecule has 3 unspecified atom stereocenters. The normalized spacial score (nSPS) is 44.8. The van der Waals surface area contributed by atoms with Gasteiger partial charge in [0.25, 0.3) is 0 Å². The van der Waals surface area contributed by atoms with Gasteiger partial charge in [0.05, 0.1) is 0 Å². The summed E-state index contributed by atoms with van der Waals surface area (Å²) in [4.78, 5) is 0. The molecule has 3 aliphatic carbocycles. The van der Waals surface area contributed by atoms with Crippen LogP contribution in [0.1, 0.15) is 58.3 Å². The third-order valence-electron chi connectivity index (χ3n) is 5.15. The lowest BCUT2D eigenvalue weighted by Gasteiger charge is -2.57. The van der Waals surface area contributed by atoms with E-state index in [0.717, 1.165) is 23.4 Å². The van der Waals surface area contributed by atoms with Crippen LogP contribution in [0, 0.1) is 11.3 Å². The Morgan fingerprint density at radius 2 is 1.93 bits per heavy atom. The SMILES string of the molecule is CC1CCC(NC2CCC23CCC3)C1. The van der Waals surface area contributed by atoms with Crippen molar-refractivity contribution in [1.29, 1.82) is 0 Å². The van der Waals surface area contributed by atoms with Crippen LogP contribution in [-0.4, -0.2) is 12.1 Å². The summed E-state index contributed by atoms with van der Waals surface area (Å²) in [5, 5.41) is 3.94. The van der Waals surface area contributed by atoms with Gasteiger partial charge >= 0.3 is 0 Å². The molecule has 1 N–H and O–H groups in total. The maximum Gasteiger partial charge on any atom is 0.0126 e. The molecule has 0 radical (unpaired) electrons. The van der Waals surface area contributed by atoms with Gasteiger partial charge in [-0.3, -0.25) is 0 Å². The van der Waals surface area contributed by atoms with Gasteiger partial charge in [-0.2, -0.15) is 0 Å². The zero-order chi connectivity index (χ0) is 9.60. The van der Waals surface area contributed by atoms with Gasteiger partial charge in [0.1, 0.15) is 0 Å². The van der Waals surface area contributed by atoms with E-state index in [1.807, 2.05) is 0 Å². The Balaban J connectivity index is 1.53. The van der Waals surface area contributed by atoms with Gasteiger partial charge in [0, 0.05) is 12.1 Å². The second-order valence-electron chi connectivity index (χ2n) is 6.09. The van der Waals surface area contributed by atoms with Gasteiger partial charge in [0.2, 0.25) is 0 Å². The van der Waals surface area contributed by atoms with Crippen molar-refractivity contribution in [2.24, 2.45) is 11.3 Å². The minimum Gasteiger partial charge on any atom is -0.311 e. The van der Waals surface area contributed by atoms with Crippen LogP contribution in [0.4, 0.5) is 0 Å². The lowest BCUT2D eigenvalue weighted by atomic mass is 9.53. The third-order valence-corrected chi connectivity index (χ3v) is 5.15. The monoisotopic (exact) mass is 193 g/mol. The molecule has 0 aromatic rings. The minimum absolute atomic E-state index is 0.797. The van der Waals surface area contributed by atoms with Gasteiger partial charge in [-0.05, 0) is 56.3 Å². The molecular formula is C13H23N. The molecular weight excluding hydrogens is 170 g/mol. The molecule has 0 heterocycles. The fourth-order valence-corrected chi connectivity index (χ4v) is 3.83. The van der Waals surface area contributed by atoms with E-state index in [4.69, 9.17) is 0 Å². The molecule has 0 bridgehead atoms. The van der Waals surface area contributed by atoms with Crippen LogP contribution in [0.2, 0.25) is 0 Å². The molecule has 80 valence electrons. The Morgan fingerprint density at radius 3 is 2.36 bits per heavy atom. The van der Waals surface area contributed by atoms with Crippen molar-refractivity contribution in [3.05, 3.63) is 0 Å². The number of nitrogens with one attached hydrogen (secondary N) is 1. The van der Waals surface area contributed by atoms with E-state index in [-0.39, 0.29) is 0 Å². The van der Waals surface area contributed by atoms with Crippen LogP contribution in [0.25, 0.3) is 0 Å². The average Bonchev–Trinajstić information content (AvgIpc) is 2.42. The van der Waals surface area contributed by atoms with Gasteiger partial charge in [-0.1, -0.05) is 13.3 Å². The highest BCUT2D eigenvalue weighted by atomic mass is 15.0. The molecule has 0 aromatic carbocycles. The van der Waals surface area contributed by atoms with Crippen LogP contribution in [0.15, 0.2) is 0 Å². The van der Waals surface area contributed by atoms with Crippen molar-refractivity contribution in [2.45, 2.75) is 70.4 Å². The van der Waals surface area contributed by atoms with Crippen LogP contribution < -0.4 is 5.32 Å². The maximum absolute atomic E-state index is 3.94. The zero-order valence-electron chi connectivity index (χ0n) is 9.39. The standard InChI is InChI=1S/C13H23N/c1-10-3-4-11(9-10)14-12-5-8-13(12)6-2-7-13/h10-12,14H,2-9H2,1H3. The van der Waals surface area contributed by atoms with E-state index >= 15 is 0 Å². The van der Waals surface area contributed by atoms with Crippen LogP contribution >= 0.6 is 0 Å². The molecule has 0 amide bonds. The van der Waals surface area contributed by atoms with Crippen LogP contribution in [-0.2, 0) is 0 Å². The van der Waals surface area contributed by atoms with E-state index < -0.39 is 0 Å². The summed E-state index contributed by atoms with van der Waals surface area (Å²) < 4.78 is 0. The number of hydrogen-bond acceptors (Lipinski definition) is 1. The summed E-state index contributed by atoms with van der Waals surface area (Å²) in [7, 11) is 0. The molecule has 1 spiro atoms. The van der Waals surface area contributed by atoms with Crippen molar-refractivity contribution in [2.75, 3.05) is 0 Å². The van der Waals surface area contributed by atoms with E-state index in [1.165, 1.54) is 51.4 Å². The highest BCUT2D eigenvalue weighted by molar-refractivity contribution is 5.06. The quantitative estimate of drug-likeness (QED) is 0.710. The summed E-state index contributed by atoms with van der Waals surface area (Å²) >= 11 is 0. The first-order chi connectivity index (χ1) is 6.78. The Kier molecular flexibility index (Phi) is 2.12. The molecule has 0 aromatic heterocycles. The Morgan fingerprint density at radius 1 is 1.07 bits per heavy atom. The van der Waals surface area contributed by atoms with Crippen molar-refractivity contribution in [3.8, 4) is 0 Å². The Bertz CT molecular complexity index is 214. The first-order valence-corrected chi connectivity index (χ1v) is 6.55. The summed E-state index contributed by atoms with van der Waals surface area (Å²) in [5.74, 6) is 0.977.